The minimum Gasteiger partial charge on any atom is -0.478 e. The van der Waals surface area contributed by atoms with Crippen LogP contribution in [0.3, 0.4) is 0 Å². The number of carboxylic acids is 1. The van der Waals surface area contributed by atoms with Gasteiger partial charge in [0.2, 0.25) is 0 Å². The van der Waals surface area contributed by atoms with Gasteiger partial charge in [-0.25, -0.2) is 4.79 Å². The Morgan fingerprint density at radius 2 is 2.15 bits per heavy atom. The second-order valence-corrected chi connectivity index (χ2v) is 3.17. The van der Waals surface area contributed by atoms with E-state index in [9.17, 15) is 4.79 Å². The van der Waals surface area contributed by atoms with E-state index in [2.05, 4.69) is 0 Å². The first-order chi connectivity index (χ1) is 6.02. The van der Waals surface area contributed by atoms with Crippen LogP contribution in [0.4, 0.5) is 0 Å². The van der Waals surface area contributed by atoms with Gasteiger partial charge >= 0.3 is 5.97 Å². The fraction of sp³-hybridized carbons (Fsp3) is 0.300. The zero-order valence-electron chi connectivity index (χ0n) is 7.74. The molecule has 0 aromatic heterocycles. The van der Waals surface area contributed by atoms with Crippen molar-refractivity contribution in [3.05, 3.63) is 34.9 Å². The van der Waals surface area contributed by atoms with Crippen LogP contribution in [0.2, 0.25) is 0 Å². The zero-order valence-corrected chi connectivity index (χ0v) is 7.74. The molecule has 0 aliphatic carbocycles. The Hall–Kier alpha value is -1.35. The molecule has 0 amide bonds. The van der Waals surface area contributed by atoms with Gasteiger partial charge < -0.3 is 10.8 Å². The van der Waals surface area contributed by atoms with Crippen LogP contribution in [0.25, 0.3) is 0 Å². The second-order valence-electron chi connectivity index (χ2n) is 3.17. The number of aryl methyl sites for hydroxylation is 1. The van der Waals surface area contributed by atoms with Gasteiger partial charge in [-0.05, 0) is 31.0 Å². The van der Waals surface area contributed by atoms with E-state index in [0.29, 0.717) is 5.56 Å². The molecule has 3 N–H and O–H groups in total. The van der Waals surface area contributed by atoms with Gasteiger partial charge in [-0.3, -0.25) is 0 Å². The van der Waals surface area contributed by atoms with E-state index in [1.807, 2.05) is 13.0 Å². The van der Waals surface area contributed by atoms with Gasteiger partial charge in [0.25, 0.3) is 0 Å². The Morgan fingerprint density at radius 3 is 2.62 bits per heavy atom. The third kappa shape index (κ3) is 2.06. The summed E-state index contributed by atoms with van der Waals surface area (Å²) in [5, 5.41) is 8.83. The summed E-state index contributed by atoms with van der Waals surface area (Å²) < 4.78 is 0. The number of carbonyl (C=O) groups is 1. The van der Waals surface area contributed by atoms with Gasteiger partial charge in [-0.1, -0.05) is 12.1 Å². The Labute approximate surface area is 77.2 Å². The number of hydrogen-bond acceptors (Lipinski definition) is 2. The van der Waals surface area contributed by atoms with Crippen LogP contribution in [0.5, 0.6) is 0 Å². The van der Waals surface area contributed by atoms with Crippen molar-refractivity contribution in [2.75, 3.05) is 0 Å². The van der Waals surface area contributed by atoms with Crippen molar-refractivity contribution in [2.24, 2.45) is 5.73 Å². The monoisotopic (exact) mass is 179 g/mol. The maximum Gasteiger partial charge on any atom is 0.335 e. The molecule has 1 aromatic rings. The first kappa shape index (κ1) is 9.74. The highest BCUT2D eigenvalue weighted by molar-refractivity contribution is 5.89. The lowest BCUT2D eigenvalue weighted by molar-refractivity contribution is 0.0696. The average Bonchev–Trinajstić information content (AvgIpc) is 2.04. The smallest absolute Gasteiger partial charge is 0.335 e. The number of hydrogen-bond donors (Lipinski definition) is 2. The summed E-state index contributed by atoms with van der Waals surface area (Å²) >= 11 is 0. The SMILES string of the molecule is Cc1ccc(C(C)N)cc1C(=O)O. The molecule has 0 bridgehead atoms. The van der Waals surface area contributed by atoms with Crippen LogP contribution in [-0.2, 0) is 0 Å². The third-order valence-electron chi connectivity index (χ3n) is 2.02. The lowest BCUT2D eigenvalue weighted by Gasteiger charge is -2.07. The minimum absolute atomic E-state index is 0.126. The van der Waals surface area contributed by atoms with Gasteiger partial charge in [0.1, 0.15) is 0 Å². The number of aromatic carboxylic acids is 1. The van der Waals surface area contributed by atoms with Crippen LogP contribution in [0.15, 0.2) is 18.2 Å². The highest BCUT2D eigenvalue weighted by Crippen LogP contribution is 2.15. The van der Waals surface area contributed by atoms with Crippen molar-refractivity contribution < 1.29 is 9.90 Å². The Balaban J connectivity index is 3.19. The molecule has 0 heterocycles. The summed E-state index contributed by atoms with van der Waals surface area (Å²) in [5.41, 5.74) is 7.58. The van der Waals surface area contributed by atoms with E-state index < -0.39 is 5.97 Å². The van der Waals surface area contributed by atoms with Gasteiger partial charge in [-0.15, -0.1) is 0 Å². The Kier molecular flexibility index (Phi) is 2.68. The molecule has 0 aliphatic heterocycles. The van der Waals surface area contributed by atoms with Crippen molar-refractivity contribution in [3.63, 3.8) is 0 Å². The van der Waals surface area contributed by atoms with E-state index in [0.717, 1.165) is 11.1 Å². The maximum atomic E-state index is 10.8. The van der Waals surface area contributed by atoms with Crippen molar-refractivity contribution in [3.8, 4) is 0 Å². The lowest BCUT2D eigenvalue weighted by atomic mass is 10.0. The largest absolute Gasteiger partial charge is 0.478 e. The molecule has 70 valence electrons. The second kappa shape index (κ2) is 3.58. The summed E-state index contributed by atoms with van der Waals surface area (Å²) in [5.74, 6) is -0.903. The van der Waals surface area contributed by atoms with Crippen molar-refractivity contribution in [1.82, 2.24) is 0 Å². The van der Waals surface area contributed by atoms with Crippen molar-refractivity contribution in [1.29, 1.82) is 0 Å². The molecule has 1 aromatic carbocycles. The molecule has 0 saturated carbocycles. The van der Waals surface area contributed by atoms with E-state index in [4.69, 9.17) is 10.8 Å². The molecule has 0 fully saturated rings. The number of benzene rings is 1. The normalized spacial score (nSPS) is 12.5. The highest BCUT2D eigenvalue weighted by atomic mass is 16.4. The van der Waals surface area contributed by atoms with Gasteiger partial charge in [0, 0.05) is 6.04 Å². The standard InChI is InChI=1S/C10H13NO2/c1-6-3-4-8(7(2)11)5-9(6)10(12)13/h3-5,7H,11H2,1-2H3,(H,12,13). The van der Waals surface area contributed by atoms with Crippen LogP contribution < -0.4 is 5.73 Å². The highest BCUT2D eigenvalue weighted by Gasteiger charge is 2.08. The topological polar surface area (TPSA) is 63.3 Å². The van der Waals surface area contributed by atoms with E-state index in [1.54, 1.807) is 19.1 Å². The van der Waals surface area contributed by atoms with Crippen molar-refractivity contribution >= 4 is 5.97 Å². The number of rotatable bonds is 2. The molecular formula is C10H13NO2. The molecule has 0 radical (unpaired) electrons. The Morgan fingerprint density at radius 1 is 1.54 bits per heavy atom. The van der Waals surface area contributed by atoms with Gasteiger partial charge in [-0.2, -0.15) is 0 Å². The van der Waals surface area contributed by atoms with Crippen LogP contribution in [-0.4, -0.2) is 11.1 Å². The molecule has 1 atom stereocenters. The molecule has 0 aliphatic rings. The molecule has 0 saturated heterocycles. The average molecular weight is 179 g/mol. The first-order valence-electron chi connectivity index (χ1n) is 4.12. The molecule has 13 heavy (non-hydrogen) atoms. The molecule has 3 nitrogen and oxygen atoms in total. The molecular weight excluding hydrogens is 166 g/mol. The van der Waals surface area contributed by atoms with E-state index >= 15 is 0 Å². The summed E-state index contributed by atoms with van der Waals surface area (Å²) in [6.45, 7) is 3.60. The predicted molar refractivity (Wildman–Crippen MR) is 50.7 cm³/mol. The fourth-order valence-electron chi connectivity index (χ4n) is 1.15. The first-order valence-corrected chi connectivity index (χ1v) is 4.12. The maximum absolute atomic E-state index is 10.8. The fourth-order valence-corrected chi connectivity index (χ4v) is 1.15. The van der Waals surface area contributed by atoms with Crippen LogP contribution in [0, 0.1) is 6.92 Å². The van der Waals surface area contributed by atoms with Crippen LogP contribution >= 0.6 is 0 Å². The van der Waals surface area contributed by atoms with E-state index in [1.165, 1.54) is 0 Å². The summed E-state index contributed by atoms with van der Waals surface area (Å²) in [6.07, 6.45) is 0. The van der Waals surface area contributed by atoms with Crippen LogP contribution in [0.1, 0.15) is 34.5 Å². The molecule has 1 unspecified atom stereocenters. The predicted octanol–water partition coefficient (Wildman–Crippen LogP) is 1.71. The minimum atomic E-state index is -0.903. The quantitative estimate of drug-likeness (QED) is 0.726. The Bertz CT molecular complexity index is 332. The summed E-state index contributed by atoms with van der Waals surface area (Å²) in [4.78, 5) is 10.8. The lowest BCUT2D eigenvalue weighted by Crippen LogP contribution is -2.07. The molecule has 0 spiro atoms. The summed E-state index contributed by atoms with van der Waals surface area (Å²) in [7, 11) is 0. The van der Waals surface area contributed by atoms with Gasteiger partial charge in [0.15, 0.2) is 0 Å². The van der Waals surface area contributed by atoms with Crippen molar-refractivity contribution in [2.45, 2.75) is 19.9 Å². The molecule has 3 heteroatoms. The zero-order chi connectivity index (χ0) is 10.0. The van der Waals surface area contributed by atoms with Gasteiger partial charge in [0.05, 0.1) is 5.56 Å². The summed E-state index contributed by atoms with van der Waals surface area (Å²) in [6, 6.07) is 5.13. The number of nitrogens with two attached hydrogens (primary N) is 1. The van der Waals surface area contributed by atoms with E-state index in [-0.39, 0.29) is 6.04 Å². The molecule has 1 rings (SSSR count). The number of carboxylic acid groups (broad SMARTS) is 1. The third-order valence-corrected chi connectivity index (χ3v) is 2.02.